The molecule has 1 aromatic carbocycles. The quantitative estimate of drug-likeness (QED) is 0.664. The number of aliphatic hydroxyl groups excluding tert-OH is 3. The van der Waals surface area contributed by atoms with Gasteiger partial charge in [-0.3, -0.25) is 4.79 Å². The summed E-state index contributed by atoms with van der Waals surface area (Å²) >= 11 is 13.9. The van der Waals surface area contributed by atoms with Crippen molar-refractivity contribution in [2.45, 2.75) is 36.1 Å². The molecule has 0 aromatic heterocycles. The predicted octanol–water partition coefficient (Wildman–Crippen LogP) is 1.02. The summed E-state index contributed by atoms with van der Waals surface area (Å²) in [6.07, 6.45) is -6.26. The summed E-state index contributed by atoms with van der Waals surface area (Å²) in [7, 11) is 1.32. The van der Waals surface area contributed by atoms with Gasteiger partial charge in [-0.15, -0.1) is 11.8 Å². The van der Waals surface area contributed by atoms with Crippen LogP contribution in [0.25, 0.3) is 0 Å². The SMILES string of the molecule is CO[C@H]1O[C@H](CN2C(=O)CS[C@H]2c2c(Cl)cccc2Cl)[C@@H](O)[C@H](O)[C@H]1O. The van der Waals surface area contributed by atoms with Crippen LogP contribution in [-0.4, -0.2) is 76.2 Å². The zero-order chi connectivity index (χ0) is 19.0. The van der Waals surface area contributed by atoms with Crippen LogP contribution in [0, 0.1) is 0 Å². The fourth-order valence-electron chi connectivity index (χ4n) is 3.09. The molecular formula is C16H19Cl2NO6S. The van der Waals surface area contributed by atoms with Crippen molar-refractivity contribution in [1.82, 2.24) is 4.90 Å². The molecule has 2 fully saturated rings. The standard InChI is InChI=1S/C16H19Cl2NO6S/c1-24-16-14(23)13(22)12(21)9(25-16)5-19-10(20)6-26-15(19)11-7(17)3-2-4-8(11)18/h2-4,9,12-16,21-23H,5-6H2,1H3/t9-,12-,13+,14-,15+,16+/m1/s1. The number of amides is 1. The highest BCUT2D eigenvalue weighted by Crippen LogP contribution is 2.45. The average Bonchev–Trinajstić information content (AvgIpc) is 2.96. The van der Waals surface area contributed by atoms with Gasteiger partial charge in [-0.25, -0.2) is 0 Å². The fraction of sp³-hybridized carbons (Fsp3) is 0.562. The highest BCUT2D eigenvalue weighted by atomic mass is 35.5. The molecule has 144 valence electrons. The molecule has 0 radical (unpaired) electrons. The largest absolute Gasteiger partial charge is 0.388 e. The summed E-state index contributed by atoms with van der Waals surface area (Å²) in [5, 5.41) is 30.6. The van der Waals surface area contributed by atoms with Crippen molar-refractivity contribution in [2.75, 3.05) is 19.4 Å². The van der Waals surface area contributed by atoms with E-state index in [1.165, 1.54) is 23.8 Å². The molecule has 0 bridgehead atoms. The van der Waals surface area contributed by atoms with Gasteiger partial charge in [0.2, 0.25) is 5.91 Å². The maximum absolute atomic E-state index is 12.4. The molecule has 7 nitrogen and oxygen atoms in total. The number of hydrogen-bond donors (Lipinski definition) is 3. The molecule has 2 aliphatic rings. The Morgan fingerprint density at radius 1 is 1.23 bits per heavy atom. The minimum Gasteiger partial charge on any atom is -0.388 e. The van der Waals surface area contributed by atoms with Crippen LogP contribution in [0.4, 0.5) is 0 Å². The van der Waals surface area contributed by atoms with Gasteiger partial charge < -0.3 is 29.7 Å². The number of carbonyl (C=O) groups excluding carboxylic acids is 1. The zero-order valence-corrected chi connectivity index (χ0v) is 16.1. The van der Waals surface area contributed by atoms with E-state index in [-0.39, 0.29) is 18.2 Å². The van der Waals surface area contributed by atoms with Gasteiger partial charge in [-0.05, 0) is 12.1 Å². The smallest absolute Gasteiger partial charge is 0.233 e. The van der Waals surface area contributed by atoms with Crippen molar-refractivity contribution >= 4 is 40.9 Å². The maximum atomic E-state index is 12.4. The lowest BCUT2D eigenvalue weighted by molar-refractivity contribution is -0.291. The van der Waals surface area contributed by atoms with Gasteiger partial charge in [0.05, 0.1) is 12.3 Å². The Balaban J connectivity index is 1.84. The number of benzene rings is 1. The van der Waals surface area contributed by atoms with Crippen molar-refractivity contribution < 1.29 is 29.6 Å². The monoisotopic (exact) mass is 423 g/mol. The number of halogens is 2. The molecule has 2 saturated heterocycles. The molecule has 2 aliphatic heterocycles. The van der Waals surface area contributed by atoms with Crippen LogP contribution in [0.5, 0.6) is 0 Å². The number of nitrogens with zero attached hydrogens (tertiary/aromatic N) is 1. The zero-order valence-electron chi connectivity index (χ0n) is 13.8. The maximum Gasteiger partial charge on any atom is 0.233 e. The number of methoxy groups -OCH3 is 1. The van der Waals surface area contributed by atoms with E-state index < -0.39 is 36.1 Å². The van der Waals surface area contributed by atoms with E-state index in [0.29, 0.717) is 15.6 Å². The highest BCUT2D eigenvalue weighted by molar-refractivity contribution is 8.00. The molecule has 1 aromatic rings. The van der Waals surface area contributed by atoms with Gasteiger partial charge >= 0.3 is 0 Å². The average molecular weight is 424 g/mol. The van der Waals surface area contributed by atoms with Crippen LogP contribution < -0.4 is 0 Å². The third-order valence-corrected chi connectivity index (χ3v) is 6.37. The summed E-state index contributed by atoms with van der Waals surface area (Å²) in [5.41, 5.74) is 0.612. The van der Waals surface area contributed by atoms with Crippen molar-refractivity contribution in [3.8, 4) is 0 Å². The molecule has 3 N–H and O–H groups in total. The molecule has 2 heterocycles. The minimum atomic E-state index is -1.45. The van der Waals surface area contributed by atoms with Crippen molar-refractivity contribution in [1.29, 1.82) is 0 Å². The molecule has 0 aliphatic carbocycles. The summed E-state index contributed by atoms with van der Waals surface area (Å²) in [6, 6.07) is 5.10. The van der Waals surface area contributed by atoms with Crippen molar-refractivity contribution in [3.05, 3.63) is 33.8 Å². The molecule has 0 unspecified atom stereocenters. The highest BCUT2D eigenvalue weighted by Gasteiger charge is 2.46. The van der Waals surface area contributed by atoms with E-state index in [1.807, 2.05) is 0 Å². The second-order valence-corrected chi connectivity index (χ2v) is 7.98. The molecule has 1 amide bonds. The van der Waals surface area contributed by atoms with E-state index in [9.17, 15) is 20.1 Å². The van der Waals surface area contributed by atoms with E-state index >= 15 is 0 Å². The Labute approximate surface area is 164 Å². The first kappa shape index (κ1) is 20.2. The summed E-state index contributed by atoms with van der Waals surface area (Å²) in [4.78, 5) is 13.9. The van der Waals surface area contributed by atoms with Crippen LogP contribution in [0.2, 0.25) is 10.0 Å². The lowest BCUT2D eigenvalue weighted by atomic mass is 9.98. The van der Waals surface area contributed by atoms with Crippen LogP contribution in [0.15, 0.2) is 18.2 Å². The number of aliphatic hydroxyl groups is 3. The van der Waals surface area contributed by atoms with Gasteiger partial charge in [0.1, 0.15) is 29.8 Å². The Hall–Kier alpha value is -0.580. The van der Waals surface area contributed by atoms with Crippen molar-refractivity contribution in [2.24, 2.45) is 0 Å². The Kier molecular flexibility index (Phi) is 6.36. The van der Waals surface area contributed by atoms with Crippen molar-refractivity contribution in [3.63, 3.8) is 0 Å². The first-order valence-electron chi connectivity index (χ1n) is 7.92. The number of carbonyl (C=O) groups is 1. The minimum absolute atomic E-state index is 0.0111. The van der Waals surface area contributed by atoms with Crippen LogP contribution in [0.3, 0.4) is 0 Å². The van der Waals surface area contributed by atoms with Crippen LogP contribution in [0.1, 0.15) is 10.9 Å². The van der Waals surface area contributed by atoms with E-state index in [1.54, 1.807) is 18.2 Å². The molecule has 0 spiro atoms. The summed E-state index contributed by atoms with van der Waals surface area (Å²) < 4.78 is 10.5. The predicted molar refractivity (Wildman–Crippen MR) is 97.1 cm³/mol. The normalized spacial score (nSPS) is 35.2. The van der Waals surface area contributed by atoms with Crippen LogP contribution >= 0.6 is 35.0 Å². The third kappa shape index (κ3) is 3.70. The third-order valence-electron chi connectivity index (χ3n) is 4.49. The second kappa shape index (κ2) is 8.20. The molecule has 6 atom stereocenters. The second-order valence-electron chi connectivity index (χ2n) is 6.10. The summed E-state index contributed by atoms with van der Waals surface area (Å²) in [6.45, 7) is -0.0111. The fourth-order valence-corrected chi connectivity index (χ4v) is 5.10. The first-order chi connectivity index (χ1) is 12.3. The number of ether oxygens (including phenoxy) is 2. The first-order valence-corrected chi connectivity index (χ1v) is 9.73. The summed E-state index contributed by atoms with van der Waals surface area (Å²) in [5.74, 6) is 0.0647. The molecular weight excluding hydrogens is 405 g/mol. The lowest BCUT2D eigenvalue weighted by Gasteiger charge is -2.41. The number of rotatable bonds is 4. The number of thioether (sulfide) groups is 1. The molecule has 0 saturated carbocycles. The lowest BCUT2D eigenvalue weighted by Crippen LogP contribution is -2.60. The topological polar surface area (TPSA) is 99.5 Å². The van der Waals surface area contributed by atoms with Gasteiger partial charge in [0.25, 0.3) is 0 Å². The van der Waals surface area contributed by atoms with Gasteiger partial charge in [-0.1, -0.05) is 29.3 Å². The Morgan fingerprint density at radius 2 is 1.88 bits per heavy atom. The molecule has 3 rings (SSSR count). The van der Waals surface area contributed by atoms with E-state index in [4.69, 9.17) is 32.7 Å². The van der Waals surface area contributed by atoms with Gasteiger partial charge in [0.15, 0.2) is 6.29 Å². The van der Waals surface area contributed by atoms with Crippen LogP contribution in [-0.2, 0) is 14.3 Å². The van der Waals surface area contributed by atoms with E-state index in [0.717, 1.165) is 0 Å². The molecule has 10 heteroatoms. The van der Waals surface area contributed by atoms with Gasteiger partial charge in [0, 0.05) is 22.7 Å². The molecule has 26 heavy (non-hydrogen) atoms. The Morgan fingerprint density at radius 3 is 2.50 bits per heavy atom. The Bertz CT molecular complexity index is 658. The van der Waals surface area contributed by atoms with Gasteiger partial charge in [-0.2, -0.15) is 0 Å². The van der Waals surface area contributed by atoms with E-state index in [2.05, 4.69) is 0 Å². The number of hydrogen-bond acceptors (Lipinski definition) is 7.